The zero-order valence-electron chi connectivity index (χ0n) is 13.9. The molecule has 3 nitrogen and oxygen atoms in total. The number of rotatable bonds is 3. The van der Waals surface area contributed by atoms with E-state index in [2.05, 4.69) is 53.2 Å². The molecule has 0 bridgehead atoms. The third-order valence-electron chi connectivity index (χ3n) is 4.99. The van der Waals surface area contributed by atoms with Gasteiger partial charge in [0.05, 0.1) is 0 Å². The summed E-state index contributed by atoms with van der Waals surface area (Å²) in [4.78, 5) is 0. The minimum Gasteiger partial charge on any atom is -0.457 e. The van der Waals surface area contributed by atoms with Gasteiger partial charge in [0.25, 0.3) is 0 Å². The number of fused-ring (bicyclic) bond motifs is 3. The highest BCUT2D eigenvalue weighted by Crippen LogP contribution is 2.36. The quantitative estimate of drug-likeness (QED) is 0.699. The Bertz CT molecular complexity index is 940. The molecule has 3 aromatic rings. The average molecular weight is 329 g/mol. The first-order chi connectivity index (χ1) is 12.4. The monoisotopic (exact) mass is 329 g/mol. The lowest BCUT2D eigenvalue weighted by atomic mass is 9.90. The maximum Gasteiger partial charge on any atom is 0.246 e. The molecule has 1 unspecified atom stereocenters. The van der Waals surface area contributed by atoms with Crippen molar-refractivity contribution in [2.24, 2.45) is 0 Å². The average Bonchev–Trinajstić information content (AvgIpc) is 3.29. The summed E-state index contributed by atoms with van der Waals surface area (Å²) in [6.07, 6.45) is 6.40. The van der Waals surface area contributed by atoms with Crippen molar-refractivity contribution in [3.63, 3.8) is 0 Å². The largest absolute Gasteiger partial charge is 0.457 e. The zero-order valence-corrected chi connectivity index (χ0v) is 13.9. The molecule has 25 heavy (non-hydrogen) atoms. The van der Waals surface area contributed by atoms with Crippen LogP contribution in [0.4, 0.5) is 0 Å². The van der Waals surface area contributed by atoms with Gasteiger partial charge in [-0.15, -0.1) is 0 Å². The fourth-order valence-electron chi connectivity index (χ4n) is 3.76. The molecule has 0 radical (unpaired) electrons. The molecule has 124 valence electrons. The van der Waals surface area contributed by atoms with Crippen LogP contribution < -0.4 is 0 Å². The fraction of sp³-hybridized carbons (Fsp3) is 0.182. The van der Waals surface area contributed by atoms with Gasteiger partial charge < -0.3 is 9.47 Å². The van der Waals surface area contributed by atoms with Crippen molar-refractivity contribution >= 4 is 5.88 Å². The Labute approximate surface area is 147 Å². The van der Waals surface area contributed by atoms with E-state index in [9.17, 15) is 0 Å². The summed E-state index contributed by atoms with van der Waals surface area (Å²) in [7, 11) is 0. The molecule has 1 aromatic heterocycles. The van der Waals surface area contributed by atoms with E-state index in [1.54, 1.807) is 6.26 Å². The van der Waals surface area contributed by atoms with Crippen LogP contribution >= 0.6 is 0 Å². The molecule has 0 N–H and O–H groups in total. The highest BCUT2D eigenvalue weighted by Gasteiger charge is 2.26. The molecule has 1 aliphatic carbocycles. The lowest BCUT2D eigenvalue weighted by molar-refractivity contribution is -0.0169. The van der Waals surface area contributed by atoms with E-state index in [0.717, 1.165) is 25.1 Å². The van der Waals surface area contributed by atoms with Gasteiger partial charge in [-0.25, -0.2) is 0 Å². The third-order valence-corrected chi connectivity index (χ3v) is 4.99. The summed E-state index contributed by atoms with van der Waals surface area (Å²) >= 11 is 0. The van der Waals surface area contributed by atoms with Gasteiger partial charge in [-0.05, 0) is 35.6 Å². The van der Waals surface area contributed by atoms with Gasteiger partial charge in [0.15, 0.2) is 0 Å². The normalized spacial score (nSPS) is 17.9. The van der Waals surface area contributed by atoms with Crippen molar-refractivity contribution in [2.75, 3.05) is 0 Å². The maximum atomic E-state index is 6.07. The van der Waals surface area contributed by atoms with E-state index in [4.69, 9.17) is 9.47 Å². The Morgan fingerprint density at radius 3 is 2.64 bits per heavy atom. The number of aromatic nitrogens is 1. The number of aryl methyl sites for hydroxylation is 1. The molecule has 0 spiro atoms. The summed E-state index contributed by atoms with van der Waals surface area (Å²) in [5.74, 6) is 0.779. The highest BCUT2D eigenvalue weighted by molar-refractivity contribution is 5.73. The van der Waals surface area contributed by atoms with E-state index < -0.39 is 0 Å². The Morgan fingerprint density at radius 1 is 0.880 bits per heavy atom. The van der Waals surface area contributed by atoms with Crippen LogP contribution in [0.2, 0.25) is 0 Å². The van der Waals surface area contributed by atoms with Crippen molar-refractivity contribution in [3.05, 3.63) is 89.9 Å². The van der Waals surface area contributed by atoms with Gasteiger partial charge >= 0.3 is 0 Å². The Hall–Kier alpha value is -2.94. The van der Waals surface area contributed by atoms with Crippen LogP contribution in [0.5, 0.6) is 0 Å². The maximum absolute atomic E-state index is 6.07. The number of hydrogen-bond donors (Lipinski definition) is 0. The molecule has 1 aliphatic heterocycles. The molecule has 2 heterocycles. The lowest BCUT2D eigenvalue weighted by Gasteiger charge is -2.19. The predicted octanol–water partition coefficient (Wildman–Crippen LogP) is 4.63. The van der Waals surface area contributed by atoms with Crippen LogP contribution in [-0.2, 0) is 28.7 Å². The SMILES string of the molecule is C1=C(n2ccc3c2CCc2ccccc2-3)OC(Cc2ccccc2)O1. The number of ether oxygens (including phenoxy) is 2. The van der Waals surface area contributed by atoms with E-state index >= 15 is 0 Å². The molecule has 3 heteroatoms. The van der Waals surface area contributed by atoms with E-state index in [-0.39, 0.29) is 6.29 Å². The number of hydrogen-bond acceptors (Lipinski definition) is 2. The standard InChI is InChI=1S/C22H19NO2/c1-2-6-16(7-3-1)14-22-24-15-21(25-22)23-13-12-19-18-9-5-4-8-17(18)10-11-20(19)23/h1-9,12-13,15,22H,10-11,14H2. The van der Waals surface area contributed by atoms with E-state index in [1.165, 1.54) is 27.9 Å². The minimum atomic E-state index is -0.258. The first kappa shape index (κ1) is 14.4. The third kappa shape index (κ3) is 2.52. The van der Waals surface area contributed by atoms with Gasteiger partial charge in [-0.3, -0.25) is 4.57 Å². The highest BCUT2D eigenvalue weighted by atomic mass is 16.7. The van der Waals surface area contributed by atoms with Gasteiger partial charge in [-0.1, -0.05) is 54.6 Å². The summed E-state index contributed by atoms with van der Waals surface area (Å²) in [6, 6.07) is 21.1. The molecule has 0 saturated heterocycles. The predicted molar refractivity (Wildman–Crippen MR) is 97.7 cm³/mol. The van der Waals surface area contributed by atoms with Crippen molar-refractivity contribution in [1.29, 1.82) is 0 Å². The van der Waals surface area contributed by atoms with E-state index in [1.807, 2.05) is 18.2 Å². The van der Waals surface area contributed by atoms with Crippen LogP contribution in [0.15, 0.2) is 73.1 Å². The van der Waals surface area contributed by atoms with Crippen LogP contribution in [0.3, 0.4) is 0 Å². The second-order valence-corrected chi connectivity index (χ2v) is 6.53. The minimum absolute atomic E-state index is 0.258. The second-order valence-electron chi connectivity index (χ2n) is 6.53. The van der Waals surface area contributed by atoms with Crippen LogP contribution in [0, 0.1) is 0 Å². The zero-order chi connectivity index (χ0) is 16.6. The van der Waals surface area contributed by atoms with Crippen molar-refractivity contribution in [2.45, 2.75) is 25.6 Å². The van der Waals surface area contributed by atoms with Crippen molar-refractivity contribution in [1.82, 2.24) is 4.57 Å². The smallest absolute Gasteiger partial charge is 0.246 e. The summed E-state index contributed by atoms with van der Waals surface area (Å²) in [6.45, 7) is 0. The molecule has 0 fully saturated rings. The molecule has 0 amide bonds. The van der Waals surface area contributed by atoms with Crippen LogP contribution in [0.1, 0.15) is 16.8 Å². The van der Waals surface area contributed by atoms with Gasteiger partial charge in [-0.2, -0.15) is 0 Å². The lowest BCUT2D eigenvalue weighted by Crippen LogP contribution is -2.14. The van der Waals surface area contributed by atoms with Gasteiger partial charge in [0.1, 0.15) is 6.26 Å². The summed E-state index contributed by atoms with van der Waals surface area (Å²) in [5.41, 5.74) is 6.58. The fourth-order valence-corrected chi connectivity index (χ4v) is 3.76. The van der Waals surface area contributed by atoms with Crippen molar-refractivity contribution < 1.29 is 9.47 Å². The second kappa shape index (κ2) is 5.85. The summed E-state index contributed by atoms with van der Waals surface area (Å²) in [5, 5.41) is 0. The number of nitrogens with zero attached hydrogens (tertiary/aromatic N) is 1. The van der Waals surface area contributed by atoms with Crippen LogP contribution in [0.25, 0.3) is 17.0 Å². The van der Waals surface area contributed by atoms with E-state index in [0.29, 0.717) is 0 Å². The molecule has 5 rings (SSSR count). The molecule has 0 saturated carbocycles. The van der Waals surface area contributed by atoms with Crippen LogP contribution in [-0.4, -0.2) is 10.9 Å². The summed E-state index contributed by atoms with van der Waals surface area (Å²) < 4.78 is 13.9. The Kier molecular flexibility index (Phi) is 3.37. The van der Waals surface area contributed by atoms with Gasteiger partial charge in [0, 0.05) is 23.9 Å². The topological polar surface area (TPSA) is 23.4 Å². The first-order valence-electron chi connectivity index (χ1n) is 8.73. The first-order valence-corrected chi connectivity index (χ1v) is 8.73. The molecule has 1 atom stereocenters. The Morgan fingerprint density at radius 2 is 1.72 bits per heavy atom. The molecule has 2 aliphatic rings. The van der Waals surface area contributed by atoms with Crippen molar-refractivity contribution in [3.8, 4) is 11.1 Å². The van der Waals surface area contributed by atoms with Gasteiger partial charge in [0.2, 0.25) is 12.2 Å². The molecule has 2 aromatic carbocycles. The number of benzene rings is 2. The molecular weight excluding hydrogens is 310 g/mol. The Balaban J connectivity index is 1.39. The molecular formula is C22H19NO2.